The molecule has 1 fully saturated rings. The van der Waals surface area contributed by atoms with Crippen LogP contribution in [0.1, 0.15) is 22.6 Å². The second kappa shape index (κ2) is 7.70. The van der Waals surface area contributed by atoms with Crippen molar-refractivity contribution in [1.82, 2.24) is 15.1 Å². The minimum atomic E-state index is -0.573. The Morgan fingerprint density at radius 3 is 2.71 bits per heavy atom. The lowest BCUT2D eigenvalue weighted by Gasteiger charge is -2.37. The first kappa shape index (κ1) is 16.9. The van der Waals surface area contributed by atoms with Crippen molar-refractivity contribution >= 4 is 11.3 Å². The van der Waals surface area contributed by atoms with E-state index in [0.29, 0.717) is 0 Å². The summed E-state index contributed by atoms with van der Waals surface area (Å²) in [5.41, 5.74) is -0.573. The average molecular weight is 311 g/mol. The first-order chi connectivity index (χ1) is 9.97. The molecule has 1 atom stereocenters. The predicted molar refractivity (Wildman–Crippen MR) is 89.9 cm³/mol. The molecule has 0 saturated carbocycles. The molecule has 5 heteroatoms. The number of piperidine rings is 1. The summed E-state index contributed by atoms with van der Waals surface area (Å²) in [6.07, 6.45) is 1.97. The lowest BCUT2D eigenvalue weighted by Crippen LogP contribution is -2.53. The van der Waals surface area contributed by atoms with Crippen LogP contribution in [0, 0.1) is 6.92 Å². The van der Waals surface area contributed by atoms with Gasteiger partial charge in [-0.15, -0.1) is 11.3 Å². The van der Waals surface area contributed by atoms with Crippen molar-refractivity contribution in [2.24, 2.45) is 0 Å². The maximum atomic E-state index is 10.8. The van der Waals surface area contributed by atoms with Crippen LogP contribution in [0.4, 0.5) is 0 Å². The van der Waals surface area contributed by atoms with Gasteiger partial charge in [0.25, 0.3) is 0 Å². The van der Waals surface area contributed by atoms with E-state index in [0.717, 1.165) is 52.1 Å². The molecule has 1 unspecified atom stereocenters. The van der Waals surface area contributed by atoms with E-state index in [-0.39, 0.29) is 0 Å². The van der Waals surface area contributed by atoms with E-state index >= 15 is 0 Å². The van der Waals surface area contributed by atoms with E-state index in [9.17, 15) is 5.11 Å². The minimum Gasteiger partial charge on any atom is -0.387 e. The quantitative estimate of drug-likeness (QED) is 0.801. The summed E-state index contributed by atoms with van der Waals surface area (Å²) in [5, 5.41) is 14.1. The molecule has 1 aromatic heterocycles. The molecule has 2 rings (SSSR count). The number of hydrogen-bond acceptors (Lipinski definition) is 5. The summed E-state index contributed by atoms with van der Waals surface area (Å²) in [5.74, 6) is 0. The lowest BCUT2D eigenvalue weighted by molar-refractivity contribution is -0.0181. The summed E-state index contributed by atoms with van der Waals surface area (Å²) in [6.45, 7) is 7.61. The van der Waals surface area contributed by atoms with Gasteiger partial charge in [0.05, 0.1) is 5.60 Å². The number of β-amino-alcohol motifs (C(OH)–C–C–N with tert-alkyl or cyclic N) is 1. The maximum absolute atomic E-state index is 10.8. The maximum Gasteiger partial charge on any atom is 0.0898 e. The monoisotopic (exact) mass is 311 g/mol. The Morgan fingerprint density at radius 1 is 1.33 bits per heavy atom. The van der Waals surface area contributed by atoms with Crippen LogP contribution in [-0.4, -0.2) is 67.3 Å². The van der Waals surface area contributed by atoms with Crippen LogP contribution in [0.5, 0.6) is 0 Å². The van der Waals surface area contributed by atoms with E-state index in [1.807, 2.05) is 11.3 Å². The summed E-state index contributed by atoms with van der Waals surface area (Å²) < 4.78 is 0. The van der Waals surface area contributed by atoms with Gasteiger partial charge in [-0.1, -0.05) is 0 Å². The van der Waals surface area contributed by atoms with E-state index < -0.39 is 5.60 Å². The molecule has 4 nitrogen and oxygen atoms in total. The van der Waals surface area contributed by atoms with Crippen LogP contribution in [0.25, 0.3) is 0 Å². The number of thiophene rings is 1. The zero-order chi connectivity index (χ0) is 15.3. The second-order valence-corrected chi connectivity index (χ2v) is 7.90. The molecular formula is C16H29N3OS. The number of rotatable bonds is 7. The Bertz CT molecular complexity index is 427. The van der Waals surface area contributed by atoms with Gasteiger partial charge in [0.1, 0.15) is 0 Å². The summed E-state index contributed by atoms with van der Waals surface area (Å²) in [7, 11) is 4.20. The third-order valence-corrected chi connectivity index (χ3v) is 4.99. The molecule has 0 aromatic carbocycles. The number of nitrogens with zero attached hydrogens (tertiary/aromatic N) is 2. The Morgan fingerprint density at radius 2 is 2.14 bits per heavy atom. The van der Waals surface area contributed by atoms with Crippen molar-refractivity contribution in [3.63, 3.8) is 0 Å². The minimum absolute atomic E-state index is 0.573. The largest absolute Gasteiger partial charge is 0.387 e. The second-order valence-electron chi connectivity index (χ2n) is 6.53. The highest BCUT2D eigenvalue weighted by atomic mass is 32.1. The van der Waals surface area contributed by atoms with E-state index in [4.69, 9.17) is 0 Å². The number of hydrogen-bond donors (Lipinski definition) is 2. The van der Waals surface area contributed by atoms with E-state index in [1.54, 1.807) is 0 Å². The highest BCUT2D eigenvalue weighted by Gasteiger charge is 2.31. The van der Waals surface area contributed by atoms with Crippen LogP contribution in [-0.2, 0) is 6.54 Å². The highest BCUT2D eigenvalue weighted by molar-refractivity contribution is 7.11. The van der Waals surface area contributed by atoms with Crippen molar-refractivity contribution in [1.29, 1.82) is 0 Å². The molecule has 0 amide bonds. The SMILES string of the molecule is Cc1ccc(CN(CCN(C)C)CC2(O)CCCNC2)s1. The zero-order valence-corrected chi connectivity index (χ0v) is 14.4. The van der Waals surface area contributed by atoms with Gasteiger partial charge in [0.2, 0.25) is 0 Å². The van der Waals surface area contributed by atoms with Gasteiger partial charge in [-0.3, -0.25) is 4.90 Å². The molecule has 120 valence electrons. The van der Waals surface area contributed by atoms with Crippen molar-refractivity contribution in [2.45, 2.75) is 31.9 Å². The van der Waals surface area contributed by atoms with E-state index in [1.165, 1.54) is 9.75 Å². The Kier molecular flexibility index (Phi) is 6.20. The van der Waals surface area contributed by atoms with Gasteiger partial charge in [0.15, 0.2) is 0 Å². The van der Waals surface area contributed by atoms with Gasteiger partial charge in [-0.2, -0.15) is 0 Å². The van der Waals surface area contributed by atoms with Crippen molar-refractivity contribution < 1.29 is 5.11 Å². The molecule has 2 N–H and O–H groups in total. The third kappa shape index (κ3) is 5.68. The molecule has 0 spiro atoms. The van der Waals surface area contributed by atoms with Crippen molar-refractivity contribution in [2.75, 3.05) is 46.8 Å². The standard InChI is InChI=1S/C16H29N3OS/c1-14-5-6-15(21-14)11-19(10-9-18(2)3)13-16(20)7-4-8-17-12-16/h5-6,17,20H,4,7-13H2,1-3H3. The molecule has 1 aromatic rings. The summed E-state index contributed by atoms with van der Waals surface area (Å²) in [6, 6.07) is 4.40. The number of nitrogens with one attached hydrogen (secondary N) is 1. The molecular weight excluding hydrogens is 282 g/mol. The van der Waals surface area contributed by atoms with Gasteiger partial charge in [-0.05, 0) is 52.5 Å². The Balaban J connectivity index is 1.97. The normalized spacial score (nSPS) is 23.1. The molecule has 0 radical (unpaired) electrons. The van der Waals surface area contributed by atoms with Crippen LogP contribution < -0.4 is 5.32 Å². The number of aryl methyl sites for hydroxylation is 1. The van der Waals surface area contributed by atoms with E-state index in [2.05, 4.69) is 48.3 Å². The first-order valence-corrected chi connectivity index (χ1v) is 8.64. The highest BCUT2D eigenvalue weighted by Crippen LogP contribution is 2.21. The fraction of sp³-hybridized carbons (Fsp3) is 0.750. The fourth-order valence-electron chi connectivity index (χ4n) is 2.85. The molecule has 21 heavy (non-hydrogen) atoms. The molecule has 0 aliphatic carbocycles. The topological polar surface area (TPSA) is 38.7 Å². The zero-order valence-electron chi connectivity index (χ0n) is 13.6. The lowest BCUT2D eigenvalue weighted by atomic mass is 9.93. The van der Waals surface area contributed by atoms with Crippen LogP contribution in [0.15, 0.2) is 12.1 Å². The molecule has 0 bridgehead atoms. The van der Waals surface area contributed by atoms with Gasteiger partial charge < -0.3 is 15.3 Å². The predicted octanol–water partition coefficient (Wildman–Crippen LogP) is 1.53. The van der Waals surface area contributed by atoms with Crippen LogP contribution in [0.2, 0.25) is 0 Å². The Labute approximate surface area is 132 Å². The fourth-order valence-corrected chi connectivity index (χ4v) is 3.78. The van der Waals surface area contributed by atoms with Crippen molar-refractivity contribution in [3.05, 3.63) is 21.9 Å². The third-order valence-electron chi connectivity index (χ3n) is 4.01. The van der Waals surface area contributed by atoms with Crippen molar-refractivity contribution in [3.8, 4) is 0 Å². The molecule has 1 saturated heterocycles. The smallest absolute Gasteiger partial charge is 0.0898 e. The molecule has 1 aliphatic rings. The number of likely N-dealkylation sites (N-methyl/N-ethyl adjacent to an activating group) is 1. The average Bonchev–Trinajstić information content (AvgIpc) is 2.82. The first-order valence-electron chi connectivity index (χ1n) is 7.82. The van der Waals surface area contributed by atoms with Gasteiger partial charge in [0, 0.05) is 42.5 Å². The summed E-state index contributed by atoms with van der Waals surface area (Å²) >= 11 is 1.86. The molecule has 1 aliphatic heterocycles. The van der Waals surface area contributed by atoms with Crippen LogP contribution >= 0.6 is 11.3 Å². The van der Waals surface area contributed by atoms with Crippen LogP contribution in [0.3, 0.4) is 0 Å². The van der Waals surface area contributed by atoms with Gasteiger partial charge >= 0.3 is 0 Å². The number of aliphatic hydroxyl groups is 1. The molecule has 2 heterocycles. The van der Waals surface area contributed by atoms with Gasteiger partial charge in [-0.25, -0.2) is 0 Å². The summed E-state index contributed by atoms with van der Waals surface area (Å²) in [4.78, 5) is 7.35. The Hall–Kier alpha value is -0.460.